The van der Waals surface area contributed by atoms with Crippen molar-refractivity contribution in [3.8, 4) is 0 Å². The zero-order valence-corrected chi connectivity index (χ0v) is 27.4. The zero-order valence-electron chi connectivity index (χ0n) is 26.6. The molecule has 1 aromatic heterocycles. The van der Waals surface area contributed by atoms with Gasteiger partial charge in [-0.3, -0.25) is 9.59 Å². The Morgan fingerprint density at radius 1 is 1.09 bits per heavy atom. The first-order valence-corrected chi connectivity index (χ1v) is 15.8. The Kier molecular flexibility index (Phi) is 11.1. The quantitative estimate of drug-likeness (QED) is 0.217. The minimum atomic E-state index is -0.942. The van der Waals surface area contributed by atoms with Crippen molar-refractivity contribution in [1.82, 2.24) is 25.9 Å². The predicted octanol–water partition coefficient (Wildman–Crippen LogP) is 5.52. The molecule has 45 heavy (non-hydrogen) atoms. The van der Waals surface area contributed by atoms with Gasteiger partial charge in [0.15, 0.2) is 0 Å². The molecule has 2 aromatic carbocycles. The van der Waals surface area contributed by atoms with Gasteiger partial charge < -0.3 is 30.4 Å². The van der Waals surface area contributed by atoms with Crippen molar-refractivity contribution in [2.24, 2.45) is 11.8 Å². The highest BCUT2D eigenvalue weighted by Crippen LogP contribution is 2.42. The molecule has 0 bridgehead atoms. The number of fused-ring (bicyclic) bond motifs is 1. The number of benzene rings is 2. The molecule has 10 nitrogen and oxygen atoms in total. The van der Waals surface area contributed by atoms with Crippen LogP contribution < -0.4 is 16.0 Å². The van der Waals surface area contributed by atoms with Crippen LogP contribution in [0.2, 0.25) is 5.02 Å². The Hall–Kier alpha value is -3.70. The lowest BCUT2D eigenvalue weighted by molar-refractivity contribution is -0.135. The number of aromatic amines is 1. The zero-order chi connectivity index (χ0) is 32.9. The number of methoxy groups -OCH3 is 1. The standard InChI is InChI=1S/C33H43ClFN5O5/c1-7-36-30(41)27(19(4)5)39-31(42)33(13-15-45-16-14-33)20-11-12-23-24(17-20)38-29(37-23)28(40-32(43)44-6)25(18(2)3)26-21(34)9-8-10-22(26)35/h8-12,17-19,25,27-28H,7,13-16H2,1-6H3,(H,36,41)(H,37,38)(H,39,42)(H,40,43). The number of halogens is 2. The highest BCUT2D eigenvalue weighted by Gasteiger charge is 2.44. The Balaban J connectivity index is 1.78. The lowest BCUT2D eigenvalue weighted by Gasteiger charge is -2.37. The lowest BCUT2D eigenvalue weighted by atomic mass is 9.73. The topological polar surface area (TPSA) is 134 Å². The second-order valence-corrected chi connectivity index (χ2v) is 12.6. The van der Waals surface area contributed by atoms with Crippen LogP contribution in [-0.2, 0) is 24.5 Å². The van der Waals surface area contributed by atoms with Gasteiger partial charge in [-0.15, -0.1) is 0 Å². The largest absolute Gasteiger partial charge is 0.453 e. The van der Waals surface area contributed by atoms with Gasteiger partial charge in [0.2, 0.25) is 11.8 Å². The van der Waals surface area contributed by atoms with Crippen molar-refractivity contribution in [2.75, 3.05) is 26.9 Å². The Labute approximate surface area is 268 Å². The van der Waals surface area contributed by atoms with E-state index in [2.05, 4.69) is 20.9 Å². The number of rotatable bonds is 11. The number of carbonyl (C=O) groups is 3. The van der Waals surface area contributed by atoms with E-state index < -0.39 is 35.3 Å². The number of aromatic nitrogens is 2. The second kappa shape index (κ2) is 14.6. The fourth-order valence-electron chi connectivity index (χ4n) is 6.17. The van der Waals surface area contributed by atoms with Crippen molar-refractivity contribution in [1.29, 1.82) is 0 Å². The highest BCUT2D eigenvalue weighted by molar-refractivity contribution is 6.31. The van der Waals surface area contributed by atoms with Crippen LogP contribution in [0, 0.1) is 17.7 Å². The van der Waals surface area contributed by atoms with Gasteiger partial charge >= 0.3 is 6.09 Å². The number of likely N-dealkylation sites (N-methyl/N-ethyl adjacent to an activating group) is 1. The van der Waals surface area contributed by atoms with Crippen LogP contribution in [0.15, 0.2) is 36.4 Å². The average molecular weight is 644 g/mol. The summed E-state index contributed by atoms with van der Waals surface area (Å²) in [5.41, 5.74) is 1.30. The maximum absolute atomic E-state index is 15.2. The van der Waals surface area contributed by atoms with E-state index in [9.17, 15) is 14.4 Å². The molecule has 1 fully saturated rings. The van der Waals surface area contributed by atoms with Gasteiger partial charge in [-0.05, 0) is 61.4 Å². The molecular weight excluding hydrogens is 601 g/mol. The summed E-state index contributed by atoms with van der Waals surface area (Å²) in [6.07, 6.45) is 0.155. The van der Waals surface area contributed by atoms with E-state index >= 15 is 4.39 Å². The van der Waals surface area contributed by atoms with Crippen LogP contribution in [0.1, 0.15) is 76.4 Å². The molecule has 3 aromatic rings. The molecule has 12 heteroatoms. The van der Waals surface area contributed by atoms with Crippen molar-refractivity contribution >= 4 is 40.5 Å². The van der Waals surface area contributed by atoms with Crippen LogP contribution in [0.5, 0.6) is 0 Å². The first-order valence-electron chi connectivity index (χ1n) is 15.4. The van der Waals surface area contributed by atoms with Gasteiger partial charge in [0, 0.05) is 36.3 Å². The summed E-state index contributed by atoms with van der Waals surface area (Å²) in [5.74, 6) is -1.47. The summed E-state index contributed by atoms with van der Waals surface area (Å²) in [6, 6.07) is 8.53. The summed E-state index contributed by atoms with van der Waals surface area (Å²) < 4.78 is 25.8. The number of nitrogens with zero attached hydrogens (tertiary/aromatic N) is 1. The number of alkyl carbamates (subject to hydrolysis) is 1. The molecule has 0 aliphatic carbocycles. The third kappa shape index (κ3) is 7.25. The number of carbonyl (C=O) groups excluding carboxylic acids is 3. The number of H-pyrrole nitrogens is 1. The Morgan fingerprint density at radius 3 is 2.40 bits per heavy atom. The minimum absolute atomic E-state index is 0.119. The van der Waals surface area contributed by atoms with Crippen molar-refractivity contribution < 1.29 is 28.2 Å². The van der Waals surface area contributed by atoms with Gasteiger partial charge in [-0.2, -0.15) is 0 Å². The van der Waals surface area contributed by atoms with Gasteiger partial charge in [-0.25, -0.2) is 14.2 Å². The molecule has 1 aliphatic rings. The summed E-state index contributed by atoms with van der Waals surface area (Å²) in [7, 11) is 1.26. The first kappa shape index (κ1) is 34.2. The molecule has 3 unspecified atom stereocenters. The predicted molar refractivity (Wildman–Crippen MR) is 171 cm³/mol. The lowest BCUT2D eigenvalue weighted by Crippen LogP contribution is -2.56. The molecule has 4 rings (SSSR count). The van der Waals surface area contributed by atoms with E-state index in [1.807, 2.05) is 52.8 Å². The normalized spacial score (nSPS) is 16.7. The number of nitrogens with one attached hydrogen (secondary N) is 4. The number of amides is 3. The highest BCUT2D eigenvalue weighted by atomic mass is 35.5. The van der Waals surface area contributed by atoms with Crippen LogP contribution in [-0.4, -0.2) is 60.8 Å². The van der Waals surface area contributed by atoms with Crippen LogP contribution in [0.3, 0.4) is 0 Å². The molecule has 3 atom stereocenters. The molecule has 1 aliphatic heterocycles. The molecule has 1 saturated heterocycles. The van der Waals surface area contributed by atoms with Crippen LogP contribution >= 0.6 is 11.6 Å². The summed E-state index contributed by atoms with van der Waals surface area (Å²) in [4.78, 5) is 47.5. The SMILES string of the molecule is CCNC(=O)C(NC(=O)C1(c2ccc3nc(C(NC(=O)OC)C(c4c(F)cccc4Cl)C(C)C)[nH]c3c2)CCOCC1)C(C)C. The fraction of sp³-hybridized carbons (Fsp3) is 0.515. The smallest absolute Gasteiger partial charge is 0.407 e. The summed E-state index contributed by atoms with van der Waals surface area (Å²) in [6.45, 7) is 10.7. The Morgan fingerprint density at radius 2 is 1.80 bits per heavy atom. The third-order valence-corrected chi connectivity index (χ3v) is 8.91. The maximum Gasteiger partial charge on any atom is 0.407 e. The summed E-state index contributed by atoms with van der Waals surface area (Å²) in [5, 5.41) is 8.92. The van der Waals surface area contributed by atoms with Crippen molar-refractivity contribution in [3.05, 3.63) is 64.2 Å². The monoisotopic (exact) mass is 643 g/mol. The number of hydrogen-bond donors (Lipinski definition) is 4. The van der Waals surface area contributed by atoms with Gasteiger partial charge in [0.05, 0.1) is 29.6 Å². The summed E-state index contributed by atoms with van der Waals surface area (Å²) >= 11 is 6.51. The molecular formula is C33H43ClFN5O5. The number of hydrogen-bond acceptors (Lipinski definition) is 6. The maximum atomic E-state index is 15.2. The third-order valence-electron chi connectivity index (χ3n) is 8.58. The molecule has 2 heterocycles. The first-order chi connectivity index (χ1) is 21.4. The van der Waals surface area contributed by atoms with Gasteiger partial charge in [0.25, 0.3) is 0 Å². The molecule has 0 saturated carbocycles. The van der Waals surface area contributed by atoms with E-state index in [4.69, 9.17) is 26.1 Å². The van der Waals surface area contributed by atoms with E-state index in [-0.39, 0.29) is 34.2 Å². The van der Waals surface area contributed by atoms with E-state index in [1.54, 1.807) is 6.07 Å². The molecule has 0 radical (unpaired) electrons. The molecule has 4 N–H and O–H groups in total. The molecule has 244 valence electrons. The van der Waals surface area contributed by atoms with E-state index in [0.29, 0.717) is 49.5 Å². The van der Waals surface area contributed by atoms with Crippen molar-refractivity contribution in [2.45, 2.75) is 70.9 Å². The van der Waals surface area contributed by atoms with Gasteiger partial charge in [-0.1, -0.05) is 51.4 Å². The minimum Gasteiger partial charge on any atom is -0.453 e. The van der Waals surface area contributed by atoms with Crippen LogP contribution in [0.4, 0.5) is 9.18 Å². The average Bonchev–Trinajstić information content (AvgIpc) is 3.44. The van der Waals surface area contributed by atoms with Gasteiger partial charge in [0.1, 0.15) is 17.7 Å². The van der Waals surface area contributed by atoms with Crippen LogP contribution in [0.25, 0.3) is 11.0 Å². The number of imidazole rings is 1. The molecule has 3 amide bonds. The van der Waals surface area contributed by atoms with Crippen molar-refractivity contribution in [3.63, 3.8) is 0 Å². The number of ether oxygens (including phenoxy) is 2. The Bertz CT molecular complexity index is 1500. The molecule has 0 spiro atoms. The fourth-order valence-corrected chi connectivity index (χ4v) is 6.46. The van der Waals surface area contributed by atoms with E-state index in [1.165, 1.54) is 19.2 Å². The van der Waals surface area contributed by atoms with E-state index in [0.717, 1.165) is 5.56 Å². The second-order valence-electron chi connectivity index (χ2n) is 12.2.